The number of carbonyl (C=O) groups excluding carboxylic acids is 1. The molecule has 1 aliphatic rings. The number of methoxy groups -OCH3 is 1. The van der Waals surface area contributed by atoms with E-state index in [1.165, 1.54) is 36.6 Å². The molecule has 1 saturated heterocycles. The maximum Gasteiger partial charge on any atom is 0.271 e. The molecule has 0 aromatic heterocycles. The molecule has 2 aromatic carbocycles. The minimum atomic E-state index is -0.497. The summed E-state index contributed by atoms with van der Waals surface area (Å²) in [6.07, 6.45) is 0. The summed E-state index contributed by atoms with van der Waals surface area (Å²) in [5.74, 6) is 0.174. The monoisotopic (exact) mass is 398 g/mol. The van der Waals surface area contributed by atoms with Gasteiger partial charge in [0.05, 0.1) is 23.8 Å². The van der Waals surface area contributed by atoms with E-state index in [0.717, 1.165) is 26.2 Å². The molecule has 0 radical (unpaired) electrons. The molecule has 1 N–H and O–H groups in total. The molecule has 8 heteroatoms. The van der Waals surface area contributed by atoms with Crippen molar-refractivity contribution in [1.29, 1.82) is 0 Å². The Morgan fingerprint density at radius 2 is 1.90 bits per heavy atom. The van der Waals surface area contributed by atoms with Crippen LogP contribution in [0.4, 0.5) is 17.1 Å². The van der Waals surface area contributed by atoms with Crippen molar-refractivity contribution < 1.29 is 14.5 Å². The smallest absolute Gasteiger partial charge is 0.271 e. The fourth-order valence-electron chi connectivity index (χ4n) is 3.50. The standard InChI is InChI=1S/C21H26N4O4/c1-15-5-4-6-17(13-15)24-11-9-23(10-12-24)16(2)21(26)22-19-14-18(25(27)28)7-8-20(19)29-3/h4-8,13-14,16H,9-12H2,1-3H3,(H,22,26). The lowest BCUT2D eigenvalue weighted by molar-refractivity contribution is -0.384. The first kappa shape index (κ1) is 20.6. The number of anilines is 2. The number of rotatable bonds is 6. The van der Waals surface area contributed by atoms with E-state index < -0.39 is 4.92 Å². The highest BCUT2D eigenvalue weighted by Crippen LogP contribution is 2.29. The molecule has 8 nitrogen and oxygen atoms in total. The maximum absolute atomic E-state index is 12.8. The summed E-state index contributed by atoms with van der Waals surface area (Å²) in [5.41, 5.74) is 2.63. The normalized spacial score (nSPS) is 15.6. The van der Waals surface area contributed by atoms with E-state index in [-0.39, 0.29) is 17.6 Å². The highest BCUT2D eigenvalue weighted by Gasteiger charge is 2.26. The van der Waals surface area contributed by atoms with E-state index in [1.54, 1.807) is 0 Å². The summed E-state index contributed by atoms with van der Waals surface area (Å²) in [7, 11) is 1.46. The van der Waals surface area contributed by atoms with Gasteiger partial charge in [0, 0.05) is 44.0 Å². The van der Waals surface area contributed by atoms with Gasteiger partial charge in [-0.3, -0.25) is 19.8 Å². The molecule has 1 heterocycles. The van der Waals surface area contributed by atoms with Crippen molar-refractivity contribution in [3.05, 3.63) is 58.1 Å². The number of nitrogens with zero attached hydrogens (tertiary/aromatic N) is 3. The Morgan fingerprint density at radius 3 is 2.52 bits per heavy atom. The van der Waals surface area contributed by atoms with Crippen LogP contribution in [0.15, 0.2) is 42.5 Å². The van der Waals surface area contributed by atoms with Gasteiger partial charge < -0.3 is 15.0 Å². The van der Waals surface area contributed by atoms with Crippen LogP contribution in [0, 0.1) is 17.0 Å². The van der Waals surface area contributed by atoms with E-state index in [0.29, 0.717) is 11.4 Å². The molecular formula is C21H26N4O4. The molecule has 0 bridgehead atoms. The van der Waals surface area contributed by atoms with Crippen LogP contribution in [0.5, 0.6) is 5.75 Å². The lowest BCUT2D eigenvalue weighted by atomic mass is 10.1. The molecule has 0 spiro atoms. The first-order valence-corrected chi connectivity index (χ1v) is 9.58. The molecule has 1 amide bonds. The van der Waals surface area contributed by atoms with Crippen molar-refractivity contribution >= 4 is 23.0 Å². The van der Waals surface area contributed by atoms with Crippen LogP contribution in [-0.2, 0) is 4.79 Å². The van der Waals surface area contributed by atoms with Gasteiger partial charge in [-0.1, -0.05) is 12.1 Å². The lowest BCUT2D eigenvalue weighted by Gasteiger charge is -2.38. The van der Waals surface area contributed by atoms with E-state index in [9.17, 15) is 14.9 Å². The van der Waals surface area contributed by atoms with Gasteiger partial charge in [0.15, 0.2) is 0 Å². The Labute approximate surface area is 170 Å². The minimum Gasteiger partial charge on any atom is -0.495 e. The van der Waals surface area contributed by atoms with Crippen molar-refractivity contribution in [3.8, 4) is 5.75 Å². The number of amides is 1. The summed E-state index contributed by atoms with van der Waals surface area (Å²) >= 11 is 0. The summed E-state index contributed by atoms with van der Waals surface area (Å²) in [6, 6.07) is 12.2. The average Bonchev–Trinajstić information content (AvgIpc) is 2.73. The lowest BCUT2D eigenvalue weighted by Crippen LogP contribution is -2.52. The van der Waals surface area contributed by atoms with Gasteiger partial charge in [-0.05, 0) is 37.6 Å². The summed E-state index contributed by atoms with van der Waals surface area (Å²) in [6.45, 7) is 7.11. The van der Waals surface area contributed by atoms with Crippen LogP contribution < -0.4 is 15.0 Å². The van der Waals surface area contributed by atoms with Crippen LogP contribution in [0.1, 0.15) is 12.5 Å². The molecule has 1 atom stereocenters. The fraction of sp³-hybridized carbons (Fsp3) is 0.381. The number of ether oxygens (including phenoxy) is 1. The second kappa shape index (κ2) is 8.91. The van der Waals surface area contributed by atoms with Crippen molar-refractivity contribution in [2.75, 3.05) is 43.5 Å². The Balaban J connectivity index is 1.63. The second-order valence-corrected chi connectivity index (χ2v) is 7.17. The molecule has 1 aliphatic heterocycles. The molecule has 0 saturated carbocycles. The molecule has 3 rings (SSSR count). The third kappa shape index (κ3) is 4.83. The predicted molar refractivity (Wildman–Crippen MR) is 113 cm³/mol. The molecule has 1 fully saturated rings. The Kier molecular flexibility index (Phi) is 6.33. The number of nitrogens with one attached hydrogen (secondary N) is 1. The van der Waals surface area contributed by atoms with Crippen LogP contribution in [0.2, 0.25) is 0 Å². The fourth-order valence-corrected chi connectivity index (χ4v) is 3.50. The molecule has 1 unspecified atom stereocenters. The van der Waals surface area contributed by atoms with Crippen molar-refractivity contribution in [2.45, 2.75) is 19.9 Å². The zero-order chi connectivity index (χ0) is 21.0. The van der Waals surface area contributed by atoms with Gasteiger partial charge in [-0.2, -0.15) is 0 Å². The van der Waals surface area contributed by atoms with Gasteiger partial charge >= 0.3 is 0 Å². The maximum atomic E-state index is 12.8. The first-order chi connectivity index (χ1) is 13.9. The molecular weight excluding hydrogens is 372 g/mol. The number of piperazine rings is 1. The number of nitro benzene ring substituents is 1. The van der Waals surface area contributed by atoms with Gasteiger partial charge in [0.1, 0.15) is 5.75 Å². The van der Waals surface area contributed by atoms with Gasteiger partial charge in [-0.25, -0.2) is 0 Å². The van der Waals surface area contributed by atoms with Crippen LogP contribution >= 0.6 is 0 Å². The number of benzene rings is 2. The highest BCUT2D eigenvalue weighted by atomic mass is 16.6. The zero-order valence-electron chi connectivity index (χ0n) is 16.9. The quantitative estimate of drug-likeness (QED) is 0.594. The summed E-state index contributed by atoms with van der Waals surface area (Å²) < 4.78 is 5.22. The summed E-state index contributed by atoms with van der Waals surface area (Å²) in [5, 5.41) is 13.8. The van der Waals surface area contributed by atoms with Crippen LogP contribution in [-0.4, -0.2) is 55.1 Å². The molecule has 0 aliphatic carbocycles. The Hall–Kier alpha value is -3.13. The first-order valence-electron chi connectivity index (χ1n) is 9.58. The number of hydrogen-bond acceptors (Lipinski definition) is 6. The minimum absolute atomic E-state index is 0.0967. The van der Waals surface area contributed by atoms with Crippen molar-refractivity contribution in [3.63, 3.8) is 0 Å². The zero-order valence-corrected chi connectivity index (χ0v) is 16.9. The Morgan fingerprint density at radius 1 is 1.17 bits per heavy atom. The third-order valence-corrected chi connectivity index (χ3v) is 5.26. The molecule has 2 aromatic rings. The number of hydrogen-bond donors (Lipinski definition) is 1. The number of carbonyl (C=O) groups is 1. The third-order valence-electron chi connectivity index (χ3n) is 5.26. The molecule has 29 heavy (non-hydrogen) atoms. The van der Waals surface area contributed by atoms with E-state index in [4.69, 9.17) is 4.74 Å². The van der Waals surface area contributed by atoms with Gasteiger partial charge in [-0.15, -0.1) is 0 Å². The van der Waals surface area contributed by atoms with Crippen LogP contribution in [0.3, 0.4) is 0 Å². The number of nitro groups is 1. The largest absolute Gasteiger partial charge is 0.495 e. The highest BCUT2D eigenvalue weighted by molar-refractivity contribution is 5.96. The summed E-state index contributed by atoms with van der Waals surface area (Å²) in [4.78, 5) is 27.7. The SMILES string of the molecule is COc1ccc([N+](=O)[O-])cc1NC(=O)C(C)N1CCN(c2cccc(C)c2)CC1. The van der Waals surface area contributed by atoms with Crippen LogP contribution in [0.25, 0.3) is 0 Å². The molecule has 154 valence electrons. The second-order valence-electron chi connectivity index (χ2n) is 7.17. The van der Waals surface area contributed by atoms with Gasteiger partial charge in [0.2, 0.25) is 5.91 Å². The van der Waals surface area contributed by atoms with Crippen molar-refractivity contribution in [2.24, 2.45) is 0 Å². The topological polar surface area (TPSA) is 87.9 Å². The Bertz CT molecular complexity index is 894. The van der Waals surface area contributed by atoms with E-state index in [2.05, 4.69) is 46.3 Å². The average molecular weight is 398 g/mol. The van der Waals surface area contributed by atoms with E-state index >= 15 is 0 Å². The number of non-ortho nitro benzene ring substituents is 1. The van der Waals surface area contributed by atoms with Crippen molar-refractivity contribution in [1.82, 2.24) is 4.90 Å². The predicted octanol–water partition coefficient (Wildman–Crippen LogP) is 3.06. The number of aryl methyl sites for hydroxylation is 1. The van der Waals surface area contributed by atoms with E-state index in [1.807, 2.05) is 6.92 Å². The van der Waals surface area contributed by atoms with Gasteiger partial charge in [0.25, 0.3) is 5.69 Å².